The van der Waals surface area contributed by atoms with Crippen molar-refractivity contribution in [1.29, 1.82) is 5.26 Å². The number of thioether (sulfide) groups is 3. The van der Waals surface area contributed by atoms with Gasteiger partial charge in [-0.05, 0) is 185 Å². The minimum absolute atomic E-state index is 0.172. The van der Waals surface area contributed by atoms with Crippen LogP contribution in [0.2, 0.25) is 0 Å². The number of thiocarbonyl (C=S) groups is 1. The second kappa shape index (κ2) is 31.4. The molecule has 8 nitrogen and oxygen atoms in total. The number of aromatic nitrogens is 2. The molecule has 14 heteroatoms. The largest absolute Gasteiger partial charge is 0.479 e. The fraction of sp³-hybridized carbons (Fsp3) is 0.710. The molecule has 5 unspecified atom stereocenters. The molecule has 426 valence electrons. The zero-order valence-corrected chi connectivity index (χ0v) is 53.7. The molecule has 2 heterocycles. The molecule has 5 atom stereocenters. The van der Waals surface area contributed by atoms with Crippen LogP contribution in [0.1, 0.15) is 221 Å². The van der Waals surface area contributed by atoms with Gasteiger partial charge in [0.05, 0.1) is 33.2 Å². The SMILES string of the molecule is CC1(C)CCCC(S)C1.CC1(C)CCCC(Sc2ccc(C#N)cn2)C1.CC1(C)CCCC(Sc2ccc(CN)cn2)C1.CCOC(=S)SC1CCCC(C)(C)C1.Cc1ccc(S(=O)(=O)OC2CCCC(C)(C)C2)cc1. The van der Waals surface area contributed by atoms with Crippen LogP contribution >= 0.6 is 60.1 Å². The molecule has 3 aromatic rings. The van der Waals surface area contributed by atoms with Crippen LogP contribution in [0.4, 0.5) is 0 Å². The fourth-order valence-electron chi connectivity index (χ4n) is 11.2. The lowest BCUT2D eigenvalue weighted by Gasteiger charge is -2.34. The third kappa shape index (κ3) is 26.2. The summed E-state index contributed by atoms with van der Waals surface area (Å²) in [6.07, 6.45) is 28.4. The maximum atomic E-state index is 12.2. The van der Waals surface area contributed by atoms with Crippen molar-refractivity contribution in [3.63, 3.8) is 0 Å². The van der Waals surface area contributed by atoms with Crippen LogP contribution in [-0.2, 0) is 25.6 Å². The Hall–Kier alpha value is -1.83. The third-order valence-electron chi connectivity index (χ3n) is 15.4. The predicted octanol–water partition coefficient (Wildman–Crippen LogP) is 18.2. The lowest BCUT2D eigenvalue weighted by molar-refractivity contribution is 0.0903. The molecule has 8 rings (SSSR count). The summed E-state index contributed by atoms with van der Waals surface area (Å²) in [5.41, 5.74) is 10.6. The second-order valence-corrected chi connectivity index (χ2v) is 32.9. The number of ether oxygens (including phenoxy) is 1. The summed E-state index contributed by atoms with van der Waals surface area (Å²) in [5.74, 6) is 0. The molecule has 5 saturated carbocycles. The Bertz CT molecular complexity index is 2330. The third-order valence-corrected chi connectivity index (χ3v) is 21.1. The summed E-state index contributed by atoms with van der Waals surface area (Å²) < 4.78 is 35.9. The molecule has 1 aromatic carbocycles. The first kappa shape index (κ1) is 66.7. The van der Waals surface area contributed by atoms with Gasteiger partial charge in [-0.2, -0.15) is 26.3 Å². The molecule has 5 aliphatic carbocycles. The Kier molecular flexibility index (Phi) is 27.5. The van der Waals surface area contributed by atoms with E-state index in [0.717, 1.165) is 56.5 Å². The van der Waals surface area contributed by atoms with Crippen LogP contribution in [-0.4, -0.2) is 56.5 Å². The highest BCUT2D eigenvalue weighted by Crippen LogP contribution is 2.44. The number of rotatable bonds is 10. The van der Waals surface area contributed by atoms with E-state index in [2.05, 4.69) is 110 Å². The number of nitrogens with zero attached hydrogens (tertiary/aromatic N) is 3. The van der Waals surface area contributed by atoms with Crippen molar-refractivity contribution in [1.82, 2.24) is 9.97 Å². The first-order valence-corrected chi connectivity index (χ1v) is 33.4. The maximum Gasteiger partial charge on any atom is 0.297 e. The van der Waals surface area contributed by atoms with E-state index in [4.69, 9.17) is 32.1 Å². The van der Waals surface area contributed by atoms with Crippen molar-refractivity contribution >= 4 is 74.6 Å². The lowest BCUT2D eigenvalue weighted by Crippen LogP contribution is -2.30. The first-order valence-electron chi connectivity index (χ1n) is 28.5. The maximum absolute atomic E-state index is 12.2. The van der Waals surface area contributed by atoms with E-state index in [9.17, 15) is 8.42 Å². The van der Waals surface area contributed by atoms with Gasteiger partial charge in [-0.15, -0.1) is 23.5 Å². The van der Waals surface area contributed by atoms with E-state index in [-0.39, 0.29) is 16.4 Å². The molecule has 2 aromatic heterocycles. The highest BCUT2D eigenvalue weighted by atomic mass is 32.2. The zero-order valence-electron chi connectivity index (χ0n) is 48.8. The normalized spacial score (nSPS) is 25.0. The average Bonchev–Trinajstić information content (AvgIpc) is 3.31. The number of nitriles is 1. The van der Waals surface area contributed by atoms with Crippen LogP contribution in [0, 0.1) is 45.3 Å². The van der Waals surface area contributed by atoms with Crippen molar-refractivity contribution < 1.29 is 17.3 Å². The van der Waals surface area contributed by atoms with Gasteiger partial charge in [0.2, 0.25) is 4.38 Å². The second-order valence-electron chi connectivity index (χ2n) is 26.1. The van der Waals surface area contributed by atoms with E-state index in [0.29, 0.717) is 56.1 Å². The monoisotopic (exact) mass is 1150 g/mol. The molecule has 76 heavy (non-hydrogen) atoms. The Labute approximate surface area is 486 Å². The van der Waals surface area contributed by atoms with Gasteiger partial charge in [0.15, 0.2) is 0 Å². The highest BCUT2D eigenvalue weighted by molar-refractivity contribution is 8.23. The van der Waals surface area contributed by atoms with Crippen LogP contribution < -0.4 is 5.73 Å². The minimum atomic E-state index is -3.63. The minimum Gasteiger partial charge on any atom is -0.479 e. The number of benzene rings is 1. The Morgan fingerprint density at radius 2 is 1.13 bits per heavy atom. The number of pyridine rings is 2. The first-order chi connectivity index (χ1) is 35.6. The molecule has 0 amide bonds. The van der Waals surface area contributed by atoms with Gasteiger partial charge >= 0.3 is 0 Å². The molecule has 5 fully saturated rings. The molecule has 0 aliphatic heterocycles. The molecule has 0 bridgehead atoms. The Morgan fingerprint density at radius 1 is 0.671 bits per heavy atom. The molecular weight excluding hydrogens is 1060 g/mol. The smallest absolute Gasteiger partial charge is 0.297 e. The van der Waals surface area contributed by atoms with Gasteiger partial charge in [-0.25, -0.2) is 9.97 Å². The van der Waals surface area contributed by atoms with E-state index >= 15 is 0 Å². The van der Waals surface area contributed by atoms with Crippen LogP contribution in [0.3, 0.4) is 0 Å². The molecule has 0 saturated heterocycles. The number of hydrogen-bond donors (Lipinski definition) is 2. The number of hydrogen-bond acceptors (Lipinski definition) is 13. The van der Waals surface area contributed by atoms with Gasteiger partial charge < -0.3 is 10.5 Å². The average molecular weight is 1160 g/mol. The van der Waals surface area contributed by atoms with Crippen molar-refractivity contribution in [2.24, 2.45) is 32.8 Å². The molecule has 0 spiro atoms. The fourth-order valence-corrected chi connectivity index (χ4v) is 17.7. The number of thiol groups is 1. The summed E-state index contributed by atoms with van der Waals surface area (Å²) in [6.45, 7) is 28.4. The van der Waals surface area contributed by atoms with Crippen molar-refractivity contribution in [3.05, 3.63) is 77.6 Å². The van der Waals surface area contributed by atoms with Crippen LogP contribution in [0.25, 0.3) is 0 Å². The van der Waals surface area contributed by atoms with E-state index in [1.807, 2.05) is 55.7 Å². The van der Waals surface area contributed by atoms with Gasteiger partial charge in [-0.1, -0.05) is 137 Å². The van der Waals surface area contributed by atoms with Crippen molar-refractivity contribution in [3.8, 4) is 6.07 Å². The zero-order chi connectivity index (χ0) is 56.2. The molecule has 2 N–H and O–H groups in total. The molecule has 5 aliphatic rings. The molecule has 0 radical (unpaired) electrons. The number of aryl methyl sites for hydroxylation is 1. The number of nitrogens with two attached hydrogens (primary N) is 1. The van der Waals surface area contributed by atoms with Crippen molar-refractivity contribution in [2.45, 2.75) is 260 Å². The standard InChI is InChI=1S/C15H22O3S.C14H22N2S.C14H18N2S.C11H20OS2.C8H16S/c1-12-6-8-14(9-7-12)19(16,17)18-13-5-4-10-15(2,3)11-13;2*1-14(2)7-3-4-12(8-14)17-13-6-5-11(9-15)10-16-13;1-4-12-10(13)14-9-6-5-7-11(2,3)8-9;1-8(2)5-3-4-7(9)6-8/h6-9,13H,4-5,10-11H2,1-3H3;5-6,10,12H,3-4,7-9,15H2,1-2H3;5-6,10,12H,3-4,7-8H2,1-2H3;9H,4-8H2,1-3H3;7,9H,3-6H2,1-2H3. The topological polar surface area (TPSA) is 128 Å². The van der Waals surface area contributed by atoms with E-state index in [1.165, 1.54) is 103 Å². The van der Waals surface area contributed by atoms with Gasteiger partial charge in [0.1, 0.15) is 6.07 Å². The van der Waals surface area contributed by atoms with Gasteiger partial charge in [0.25, 0.3) is 10.1 Å². The van der Waals surface area contributed by atoms with E-state index in [1.54, 1.807) is 42.2 Å². The summed E-state index contributed by atoms with van der Waals surface area (Å²) in [5, 5.41) is 13.7. The Balaban J connectivity index is 0.000000209. The summed E-state index contributed by atoms with van der Waals surface area (Å²) in [4.78, 5) is 9.06. The van der Waals surface area contributed by atoms with Gasteiger partial charge in [0, 0.05) is 39.9 Å². The van der Waals surface area contributed by atoms with E-state index < -0.39 is 10.1 Å². The summed E-state index contributed by atoms with van der Waals surface area (Å²) in [7, 11) is -3.63. The molecular formula is C62H98N4O4S6. The van der Waals surface area contributed by atoms with Crippen LogP contribution in [0.5, 0.6) is 0 Å². The summed E-state index contributed by atoms with van der Waals surface area (Å²) in [6, 6.07) is 16.9. The predicted molar refractivity (Wildman–Crippen MR) is 333 cm³/mol. The van der Waals surface area contributed by atoms with Crippen LogP contribution in [0.15, 0.2) is 75.9 Å². The quantitative estimate of drug-likeness (QED) is 0.114. The summed E-state index contributed by atoms with van der Waals surface area (Å²) >= 11 is 15.2. The highest BCUT2D eigenvalue weighted by Gasteiger charge is 2.34. The Morgan fingerprint density at radius 3 is 1.54 bits per heavy atom. The van der Waals surface area contributed by atoms with Gasteiger partial charge in [-0.3, -0.25) is 4.18 Å². The lowest BCUT2D eigenvalue weighted by atomic mass is 9.76. The van der Waals surface area contributed by atoms with Crippen molar-refractivity contribution in [2.75, 3.05) is 6.61 Å².